The van der Waals surface area contributed by atoms with E-state index in [0.29, 0.717) is 25.4 Å². The molecule has 0 radical (unpaired) electrons. The van der Waals surface area contributed by atoms with Gasteiger partial charge in [0, 0.05) is 61.6 Å². The summed E-state index contributed by atoms with van der Waals surface area (Å²) in [7, 11) is 0. The molecular weight excluding hydrogens is 470 g/mol. The maximum absolute atomic E-state index is 11.4. The minimum Gasteiger partial charge on any atom is -0.378 e. The summed E-state index contributed by atoms with van der Waals surface area (Å²) in [6, 6.07) is 8.00. The normalized spacial score (nSPS) is 18.2. The number of carbonyl (C=O) groups is 1. The largest absolute Gasteiger partial charge is 0.378 e. The van der Waals surface area contributed by atoms with Gasteiger partial charge < -0.3 is 9.64 Å². The van der Waals surface area contributed by atoms with Gasteiger partial charge >= 0.3 is 0 Å². The molecule has 0 amide bonds. The van der Waals surface area contributed by atoms with Gasteiger partial charge in [-0.05, 0) is 12.1 Å². The zero-order chi connectivity index (χ0) is 23.1. The van der Waals surface area contributed by atoms with Gasteiger partial charge in [-0.15, -0.1) is 11.3 Å². The van der Waals surface area contributed by atoms with Crippen molar-refractivity contribution in [3.05, 3.63) is 35.3 Å². The van der Waals surface area contributed by atoms with E-state index < -0.39 is 0 Å². The molecular formula is C23H25N7O2S2. The van der Waals surface area contributed by atoms with Crippen molar-refractivity contribution in [1.82, 2.24) is 29.0 Å². The number of piperazine rings is 1. The van der Waals surface area contributed by atoms with Crippen LogP contribution in [0.2, 0.25) is 0 Å². The van der Waals surface area contributed by atoms with Crippen LogP contribution in [0.15, 0.2) is 30.5 Å². The molecule has 0 N–H and O–H groups in total. The van der Waals surface area contributed by atoms with Crippen LogP contribution in [0, 0.1) is 0 Å². The average Bonchev–Trinajstić information content (AvgIpc) is 3.48. The Morgan fingerprint density at radius 1 is 1.09 bits per heavy atom. The van der Waals surface area contributed by atoms with Crippen molar-refractivity contribution < 1.29 is 9.53 Å². The van der Waals surface area contributed by atoms with Crippen molar-refractivity contribution in [2.24, 2.45) is 0 Å². The second-order valence-electron chi connectivity index (χ2n) is 8.56. The van der Waals surface area contributed by atoms with E-state index in [1.807, 2.05) is 18.2 Å². The Morgan fingerprint density at radius 3 is 2.71 bits per heavy atom. The summed E-state index contributed by atoms with van der Waals surface area (Å²) in [5.74, 6) is 1.61. The lowest BCUT2D eigenvalue weighted by atomic mass is 10.1. The second-order valence-corrected chi connectivity index (χ2v) is 10.3. The molecule has 5 heterocycles. The van der Waals surface area contributed by atoms with Gasteiger partial charge in [0.25, 0.3) is 0 Å². The fraction of sp³-hybridized carbons (Fsp3) is 0.391. The monoisotopic (exact) mass is 495 g/mol. The number of thiol groups is 1. The van der Waals surface area contributed by atoms with Crippen molar-refractivity contribution in [3.63, 3.8) is 0 Å². The van der Waals surface area contributed by atoms with Gasteiger partial charge in [-0.2, -0.15) is 5.10 Å². The van der Waals surface area contributed by atoms with Gasteiger partial charge in [-0.1, -0.05) is 24.9 Å². The Balaban J connectivity index is 1.44. The van der Waals surface area contributed by atoms with E-state index in [-0.39, 0.29) is 0 Å². The third kappa shape index (κ3) is 4.07. The number of carbonyl (C=O) groups excluding carboxylic acids is 1. The number of benzene rings is 1. The summed E-state index contributed by atoms with van der Waals surface area (Å²) >= 11 is 6.25. The van der Waals surface area contributed by atoms with Crippen LogP contribution in [-0.2, 0) is 16.1 Å². The van der Waals surface area contributed by atoms with Gasteiger partial charge in [0.15, 0.2) is 11.6 Å². The summed E-state index contributed by atoms with van der Waals surface area (Å²) in [4.78, 5) is 27.5. The van der Waals surface area contributed by atoms with Crippen molar-refractivity contribution >= 4 is 57.5 Å². The highest BCUT2D eigenvalue weighted by molar-refractivity contribution is 7.77. The molecule has 176 valence electrons. The summed E-state index contributed by atoms with van der Waals surface area (Å²) in [5.41, 5.74) is 2.58. The molecule has 0 atom stereocenters. The predicted molar refractivity (Wildman–Crippen MR) is 137 cm³/mol. The van der Waals surface area contributed by atoms with Crippen molar-refractivity contribution in [3.8, 4) is 11.4 Å². The SMILES string of the molecule is O=Cn1ncc2c(-c3nc(N4CCOCC4)c4sc(CN5CCN(S)CC5)cc4n3)cccc21. The molecule has 2 aliphatic heterocycles. The van der Waals surface area contributed by atoms with Crippen molar-refractivity contribution in [1.29, 1.82) is 0 Å². The second kappa shape index (κ2) is 9.23. The van der Waals surface area contributed by atoms with E-state index in [0.717, 1.165) is 78.3 Å². The van der Waals surface area contributed by atoms with Crippen LogP contribution in [0.4, 0.5) is 5.82 Å². The van der Waals surface area contributed by atoms with Crippen molar-refractivity contribution in [2.75, 3.05) is 57.4 Å². The lowest BCUT2D eigenvalue weighted by molar-refractivity contribution is 0.122. The third-order valence-corrected chi connectivity index (χ3v) is 7.93. The predicted octanol–water partition coefficient (Wildman–Crippen LogP) is 2.55. The molecule has 6 rings (SSSR count). The number of nitrogens with zero attached hydrogens (tertiary/aromatic N) is 7. The van der Waals surface area contributed by atoms with Gasteiger partial charge in [-0.3, -0.25) is 14.0 Å². The first-order chi connectivity index (χ1) is 16.7. The molecule has 34 heavy (non-hydrogen) atoms. The van der Waals surface area contributed by atoms with Crippen molar-refractivity contribution in [2.45, 2.75) is 6.54 Å². The molecule has 0 spiro atoms. The fourth-order valence-electron chi connectivity index (χ4n) is 4.62. The number of fused-ring (bicyclic) bond motifs is 2. The van der Waals surface area contributed by atoms with Gasteiger partial charge in [0.05, 0.1) is 35.1 Å². The quantitative estimate of drug-likeness (QED) is 0.334. The van der Waals surface area contributed by atoms with E-state index in [1.165, 1.54) is 9.56 Å². The maximum Gasteiger partial charge on any atom is 0.234 e. The molecule has 9 nitrogen and oxygen atoms in total. The Kier molecular flexibility index (Phi) is 5.95. The Labute approximate surface area is 206 Å². The maximum atomic E-state index is 11.4. The van der Waals surface area contributed by atoms with E-state index in [9.17, 15) is 4.79 Å². The summed E-state index contributed by atoms with van der Waals surface area (Å²) in [6.45, 7) is 7.84. The van der Waals surface area contributed by atoms with Crippen LogP contribution in [0.1, 0.15) is 4.88 Å². The van der Waals surface area contributed by atoms with Crippen LogP contribution in [0.3, 0.4) is 0 Å². The van der Waals surface area contributed by atoms with E-state index in [2.05, 4.69) is 38.1 Å². The summed E-state index contributed by atoms with van der Waals surface area (Å²) in [5, 5.41) is 5.07. The molecule has 2 saturated heterocycles. The van der Waals surface area contributed by atoms with E-state index >= 15 is 0 Å². The highest BCUT2D eigenvalue weighted by Gasteiger charge is 2.22. The number of hydrogen-bond donors (Lipinski definition) is 1. The van der Waals surface area contributed by atoms with Gasteiger partial charge in [0.1, 0.15) is 0 Å². The zero-order valence-electron chi connectivity index (χ0n) is 18.6. The van der Waals surface area contributed by atoms with Crippen LogP contribution >= 0.6 is 24.2 Å². The van der Waals surface area contributed by atoms with Crippen LogP contribution in [0.25, 0.3) is 32.5 Å². The van der Waals surface area contributed by atoms with E-state index in [4.69, 9.17) is 14.7 Å². The summed E-state index contributed by atoms with van der Waals surface area (Å²) < 4.78 is 10.1. The minimum atomic E-state index is 0.651. The molecule has 0 aliphatic carbocycles. The highest BCUT2D eigenvalue weighted by Crippen LogP contribution is 2.36. The molecule has 1 aromatic carbocycles. The first kappa shape index (κ1) is 21.9. The topological polar surface area (TPSA) is 79.6 Å². The molecule has 4 aromatic rings. The number of rotatable bonds is 5. The first-order valence-corrected chi connectivity index (χ1v) is 12.6. The molecule has 11 heteroatoms. The van der Waals surface area contributed by atoms with E-state index in [1.54, 1.807) is 17.5 Å². The van der Waals surface area contributed by atoms with Crippen LogP contribution < -0.4 is 4.90 Å². The van der Waals surface area contributed by atoms with Crippen LogP contribution in [-0.4, -0.2) is 87.8 Å². The number of morpholine rings is 1. The molecule has 0 saturated carbocycles. The minimum absolute atomic E-state index is 0.651. The first-order valence-electron chi connectivity index (χ1n) is 11.4. The Morgan fingerprint density at radius 2 is 1.91 bits per heavy atom. The molecule has 0 bridgehead atoms. The zero-order valence-corrected chi connectivity index (χ0v) is 20.3. The molecule has 2 fully saturated rings. The molecule has 2 aliphatic rings. The van der Waals surface area contributed by atoms with Crippen LogP contribution in [0.5, 0.6) is 0 Å². The highest BCUT2D eigenvalue weighted by atomic mass is 32.1. The van der Waals surface area contributed by atoms with Gasteiger partial charge in [0.2, 0.25) is 6.41 Å². The number of hydrogen-bond acceptors (Lipinski definition) is 10. The number of aromatic nitrogens is 4. The molecule has 0 unspecified atom stereocenters. The molecule has 3 aromatic heterocycles. The number of thiophene rings is 1. The Bertz CT molecular complexity index is 1340. The lowest BCUT2D eigenvalue weighted by Gasteiger charge is -2.31. The average molecular weight is 496 g/mol. The van der Waals surface area contributed by atoms with Gasteiger partial charge in [-0.25, -0.2) is 14.6 Å². The lowest BCUT2D eigenvalue weighted by Crippen LogP contribution is -2.41. The number of ether oxygens (including phenoxy) is 1. The number of anilines is 1. The standard InChI is InChI=1S/C23H25N7O2S2/c31-15-30-20-3-1-2-17(18(20)13-24-30)22-25-19-12-16(14-27-4-6-29(33)7-5-27)34-21(19)23(26-22)28-8-10-32-11-9-28/h1-3,12-13,15,33H,4-11,14H2. The smallest absolute Gasteiger partial charge is 0.234 e. The fourth-order valence-corrected chi connectivity index (χ4v) is 5.95. The Hall–Kier alpha value is -2.57. The third-order valence-electron chi connectivity index (χ3n) is 6.43. The summed E-state index contributed by atoms with van der Waals surface area (Å²) in [6.07, 6.45) is 2.43.